The topological polar surface area (TPSA) is 66.9 Å². The largest absolute Gasteiger partial charge is 0.497 e. The highest BCUT2D eigenvalue weighted by atomic mass is 32.2. The van der Waals surface area contributed by atoms with Gasteiger partial charge in [-0.05, 0) is 49.6 Å². The zero-order chi connectivity index (χ0) is 18.7. The van der Waals surface area contributed by atoms with Crippen molar-refractivity contribution in [1.82, 2.24) is 9.80 Å². The van der Waals surface area contributed by atoms with Gasteiger partial charge in [0.05, 0.1) is 18.6 Å². The van der Waals surface area contributed by atoms with Crippen LogP contribution in [0.2, 0.25) is 0 Å². The molecule has 0 aliphatic carbocycles. The number of benzene rings is 1. The van der Waals surface area contributed by atoms with Gasteiger partial charge >= 0.3 is 0 Å². The lowest BCUT2D eigenvalue weighted by atomic mass is 10.0. The molecule has 2 heterocycles. The van der Waals surface area contributed by atoms with E-state index in [1.807, 2.05) is 22.9 Å². The molecule has 144 valence electrons. The van der Waals surface area contributed by atoms with E-state index in [2.05, 4.69) is 12.1 Å². The van der Waals surface area contributed by atoms with Crippen molar-refractivity contribution < 1.29 is 17.9 Å². The molecule has 1 aromatic rings. The zero-order valence-electron chi connectivity index (χ0n) is 15.6. The number of rotatable bonds is 5. The molecule has 3 rings (SSSR count). The molecule has 1 fully saturated rings. The minimum atomic E-state index is -2.89. The summed E-state index contributed by atoms with van der Waals surface area (Å²) < 4.78 is 28.5. The fourth-order valence-electron chi connectivity index (χ4n) is 3.81. The maximum absolute atomic E-state index is 12.6. The van der Waals surface area contributed by atoms with E-state index in [4.69, 9.17) is 4.74 Å². The van der Waals surface area contributed by atoms with E-state index in [0.717, 1.165) is 31.7 Å². The van der Waals surface area contributed by atoms with Gasteiger partial charge in [0.2, 0.25) is 5.91 Å². The Bertz CT molecular complexity index is 763. The highest BCUT2D eigenvalue weighted by molar-refractivity contribution is 7.91. The van der Waals surface area contributed by atoms with Crippen LogP contribution in [0.25, 0.3) is 0 Å². The lowest BCUT2D eigenvalue weighted by Gasteiger charge is -2.25. The second kappa shape index (κ2) is 7.96. The standard InChI is InChI=1S/C19H28N2O4S/c1-20(17-8-12-26(23,24)14-17)9-7-19(22)21-10-5-15-3-4-18(25-2)13-16(15)6-11-21/h3-4,13,17H,5-12,14H2,1-2H3/t17-/m0/s1. The maximum atomic E-state index is 12.6. The molecule has 2 aliphatic rings. The molecule has 7 heteroatoms. The Hall–Kier alpha value is -1.60. The van der Waals surface area contributed by atoms with Gasteiger partial charge in [0.1, 0.15) is 5.75 Å². The Morgan fingerprint density at radius 1 is 1.27 bits per heavy atom. The average molecular weight is 381 g/mol. The van der Waals surface area contributed by atoms with Crippen molar-refractivity contribution in [3.63, 3.8) is 0 Å². The Morgan fingerprint density at radius 3 is 2.65 bits per heavy atom. The maximum Gasteiger partial charge on any atom is 0.223 e. The lowest BCUT2D eigenvalue weighted by Crippen LogP contribution is -2.38. The summed E-state index contributed by atoms with van der Waals surface area (Å²) in [5.41, 5.74) is 2.54. The van der Waals surface area contributed by atoms with Crippen LogP contribution in [0.3, 0.4) is 0 Å². The van der Waals surface area contributed by atoms with Gasteiger partial charge in [0.25, 0.3) is 0 Å². The SMILES string of the molecule is COc1ccc2c(c1)CCN(C(=O)CCN(C)[C@H]1CCS(=O)(=O)C1)CC2. The minimum absolute atomic E-state index is 0.0497. The number of nitrogens with zero attached hydrogens (tertiary/aromatic N) is 2. The Morgan fingerprint density at radius 2 is 2.00 bits per heavy atom. The van der Waals surface area contributed by atoms with Gasteiger partial charge in [-0.25, -0.2) is 8.42 Å². The minimum Gasteiger partial charge on any atom is -0.497 e. The molecule has 2 aliphatic heterocycles. The van der Waals surface area contributed by atoms with Gasteiger partial charge in [-0.1, -0.05) is 6.07 Å². The summed E-state index contributed by atoms with van der Waals surface area (Å²) in [4.78, 5) is 16.6. The summed E-state index contributed by atoms with van der Waals surface area (Å²) in [6.07, 6.45) is 2.82. The van der Waals surface area contributed by atoms with E-state index in [1.54, 1.807) is 7.11 Å². The van der Waals surface area contributed by atoms with E-state index in [0.29, 0.717) is 19.4 Å². The van der Waals surface area contributed by atoms with Crippen molar-refractivity contribution in [3.8, 4) is 5.75 Å². The number of ether oxygens (including phenoxy) is 1. The van der Waals surface area contributed by atoms with E-state index in [9.17, 15) is 13.2 Å². The van der Waals surface area contributed by atoms with Crippen molar-refractivity contribution in [2.24, 2.45) is 0 Å². The van der Waals surface area contributed by atoms with E-state index in [1.165, 1.54) is 11.1 Å². The third-order valence-corrected chi connectivity index (χ3v) is 7.33. The van der Waals surface area contributed by atoms with Gasteiger partial charge in [0.15, 0.2) is 9.84 Å². The van der Waals surface area contributed by atoms with Crippen LogP contribution in [-0.2, 0) is 27.5 Å². The second-order valence-corrected chi connectivity index (χ2v) is 9.53. The van der Waals surface area contributed by atoms with Crippen LogP contribution in [0.15, 0.2) is 18.2 Å². The Labute approximate surface area is 156 Å². The monoisotopic (exact) mass is 380 g/mol. The first-order valence-electron chi connectivity index (χ1n) is 9.22. The number of hydrogen-bond acceptors (Lipinski definition) is 5. The van der Waals surface area contributed by atoms with Crippen molar-refractivity contribution >= 4 is 15.7 Å². The van der Waals surface area contributed by atoms with Crippen LogP contribution >= 0.6 is 0 Å². The van der Waals surface area contributed by atoms with Crippen molar-refractivity contribution in [2.45, 2.75) is 31.7 Å². The molecule has 0 unspecified atom stereocenters. The summed E-state index contributed by atoms with van der Waals surface area (Å²) in [6.45, 7) is 2.07. The van der Waals surface area contributed by atoms with E-state index >= 15 is 0 Å². The van der Waals surface area contributed by atoms with Crippen LogP contribution in [-0.4, -0.2) is 75.5 Å². The predicted molar refractivity (Wildman–Crippen MR) is 101 cm³/mol. The average Bonchev–Trinajstić information content (AvgIpc) is 2.86. The summed E-state index contributed by atoms with van der Waals surface area (Å²) in [6, 6.07) is 6.18. The molecule has 1 amide bonds. The molecule has 0 aromatic heterocycles. The second-order valence-electron chi connectivity index (χ2n) is 7.30. The van der Waals surface area contributed by atoms with Gasteiger partial charge in [-0.15, -0.1) is 0 Å². The highest BCUT2D eigenvalue weighted by Crippen LogP contribution is 2.22. The summed E-state index contributed by atoms with van der Waals surface area (Å²) >= 11 is 0. The number of sulfone groups is 1. The quantitative estimate of drug-likeness (QED) is 0.766. The molecule has 6 nitrogen and oxygen atoms in total. The van der Waals surface area contributed by atoms with Crippen molar-refractivity contribution in [1.29, 1.82) is 0 Å². The van der Waals surface area contributed by atoms with Gasteiger partial charge in [-0.2, -0.15) is 0 Å². The van der Waals surface area contributed by atoms with Crippen LogP contribution < -0.4 is 4.74 Å². The third kappa shape index (κ3) is 4.57. The van der Waals surface area contributed by atoms with Crippen molar-refractivity contribution in [2.75, 3.05) is 45.3 Å². The van der Waals surface area contributed by atoms with Crippen molar-refractivity contribution in [3.05, 3.63) is 29.3 Å². The molecule has 0 spiro atoms. The number of methoxy groups -OCH3 is 1. The number of hydrogen-bond donors (Lipinski definition) is 0. The van der Waals surface area contributed by atoms with Gasteiger partial charge in [-0.3, -0.25) is 4.79 Å². The normalized spacial score (nSPS) is 22.1. The first-order valence-corrected chi connectivity index (χ1v) is 11.0. The molecule has 0 radical (unpaired) electrons. The molecule has 0 bridgehead atoms. The fraction of sp³-hybridized carbons (Fsp3) is 0.632. The highest BCUT2D eigenvalue weighted by Gasteiger charge is 2.30. The van der Waals surface area contributed by atoms with Gasteiger partial charge in [0, 0.05) is 32.1 Å². The summed E-state index contributed by atoms with van der Waals surface area (Å²) in [5, 5.41) is 0. The molecule has 0 saturated carbocycles. The van der Waals surface area contributed by atoms with Gasteiger partial charge < -0.3 is 14.5 Å². The molecule has 26 heavy (non-hydrogen) atoms. The van der Waals surface area contributed by atoms with E-state index in [-0.39, 0.29) is 23.5 Å². The zero-order valence-corrected chi connectivity index (χ0v) is 16.4. The molecule has 1 atom stereocenters. The van der Waals surface area contributed by atoms with Crippen LogP contribution in [0.4, 0.5) is 0 Å². The Balaban J connectivity index is 1.51. The predicted octanol–water partition coefficient (Wildman–Crippen LogP) is 1.13. The van der Waals surface area contributed by atoms with Crippen LogP contribution in [0.1, 0.15) is 24.0 Å². The molecule has 1 aromatic carbocycles. The number of carbonyl (C=O) groups is 1. The molecular weight excluding hydrogens is 352 g/mol. The number of fused-ring (bicyclic) bond motifs is 1. The smallest absolute Gasteiger partial charge is 0.223 e. The van der Waals surface area contributed by atoms with E-state index < -0.39 is 9.84 Å². The fourth-order valence-corrected chi connectivity index (χ4v) is 5.62. The summed E-state index contributed by atoms with van der Waals surface area (Å²) in [7, 11) is 0.699. The number of carbonyl (C=O) groups excluding carboxylic acids is 1. The lowest BCUT2D eigenvalue weighted by molar-refractivity contribution is -0.131. The van der Waals surface area contributed by atoms with Crippen LogP contribution in [0, 0.1) is 0 Å². The molecule has 1 saturated heterocycles. The molecule has 0 N–H and O–H groups in total. The third-order valence-electron chi connectivity index (χ3n) is 5.58. The number of amides is 1. The first-order chi connectivity index (χ1) is 12.4. The Kier molecular flexibility index (Phi) is 5.87. The van der Waals surface area contributed by atoms with Crippen LogP contribution in [0.5, 0.6) is 5.75 Å². The first kappa shape index (κ1) is 19.2. The molecular formula is C19H28N2O4S. The summed E-state index contributed by atoms with van der Waals surface area (Å²) in [5.74, 6) is 1.50.